The maximum Gasteiger partial charge on any atom is 0.0716 e. The van der Waals surface area contributed by atoms with Crippen LogP contribution in [0.4, 0.5) is 0 Å². The number of benzene rings is 1. The molecule has 0 aliphatic heterocycles. The summed E-state index contributed by atoms with van der Waals surface area (Å²) in [5, 5.41) is 11.3. The second kappa shape index (κ2) is 9.42. The molecule has 1 rings (SSSR count). The minimum Gasteiger partial charge on any atom is -0.411 e. The highest BCUT2D eigenvalue weighted by Crippen LogP contribution is 2.12. The van der Waals surface area contributed by atoms with Gasteiger partial charge in [-0.3, -0.25) is 0 Å². The second-order valence-corrected chi connectivity index (χ2v) is 4.20. The lowest BCUT2D eigenvalue weighted by Crippen LogP contribution is -2.03. The molecule has 1 unspecified atom stereocenters. The van der Waals surface area contributed by atoms with Gasteiger partial charge in [0.25, 0.3) is 0 Å². The van der Waals surface area contributed by atoms with E-state index >= 15 is 0 Å². The van der Waals surface area contributed by atoms with Crippen molar-refractivity contribution in [1.82, 2.24) is 0 Å². The molecule has 0 aliphatic rings. The first kappa shape index (κ1) is 14.5. The molecular formula is C15H21NO2. The van der Waals surface area contributed by atoms with Gasteiger partial charge in [-0.2, -0.15) is 0 Å². The van der Waals surface area contributed by atoms with E-state index in [2.05, 4.69) is 23.9 Å². The van der Waals surface area contributed by atoms with Crippen molar-refractivity contribution in [3.8, 4) is 0 Å². The van der Waals surface area contributed by atoms with Crippen molar-refractivity contribution in [2.24, 2.45) is 11.1 Å². The third-order valence-corrected chi connectivity index (χ3v) is 2.83. The molecule has 1 aromatic carbocycles. The van der Waals surface area contributed by atoms with Crippen LogP contribution in [-0.2, 0) is 11.3 Å². The van der Waals surface area contributed by atoms with Crippen LogP contribution in [0.15, 0.2) is 48.1 Å². The van der Waals surface area contributed by atoms with Crippen LogP contribution in [0.25, 0.3) is 0 Å². The van der Waals surface area contributed by atoms with Crippen LogP contribution in [0.3, 0.4) is 0 Å². The Morgan fingerprint density at radius 2 is 2.06 bits per heavy atom. The normalized spacial score (nSPS) is 12.7. The maximum atomic E-state index is 8.31. The number of hydrogen-bond acceptors (Lipinski definition) is 3. The molecule has 1 atom stereocenters. The lowest BCUT2D eigenvalue weighted by atomic mass is 10.0. The molecule has 3 nitrogen and oxygen atoms in total. The fraction of sp³-hybridized carbons (Fsp3) is 0.400. The summed E-state index contributed by atoms with van der Waals surface area (Å²) in [7, 11) is 0. The standard InChI is InChI=1S/C15H21NO2/c1-2-14(9-6-11-16-17)10-12-18-13-15-7-4-3-5-8-15/h2-5,7-8,11,14,17H,1,6,9-10,12-13H2/b16-11+. The molecule has 1 aromatic rings. The molecule has 0 saturated heterocycles. The van der Waals surface area contributed by atoms with Crippen LogP contribution in [0, 0.1) is 5.92 Å². The van der Waals surface area contributed by atoms with Crippen molar-refractivity contribution in [2.75, 3.05) is 6.61 Å². The minimum atomic E-state index is 0.416. The SMILES string of the molecule is C=CC(CC/C=N/O)CCOCc1ccccc1. The van der Waals surface area contributed by atoms with Crippen LogP contribution >= 0.6 is 0 Å². The zero-order chi connectivity index (χ0) is 13.1. The van der Waals surface area contributed by atoms with Crippen molar-refractivity contribution in [3.05, 3.63) is 48.6 Å². The van der Waals surface area contributed by atoms with E-state index in [0.29, 0.717) is 12.5 Å². The molecule has 0 saturated carbocycles. The molecule has 0 aromatic heterocycles. The Labute approximate surface area is 109 Å². The van der Waals surface area contributed by atoms with Crippen LogP contribution in [0.2, 0.25) is 0 Å². The van der Waals surface area contributed by atoms with E-state index in [1.807, 2.05) is 24.3 Å². The summed E-state index contributed by atoms with van der Waals surface area (Å²) >= 11 is 0. The minimum absolute atomic E-state index is 0.416. The lowest BCUT2D eigenvalue weighted by molar-refractivity contribution is 0.111. The molecule has 0 heterocycles. The molecule has 0 aliphatic carbocycles. The molecule has 0 amide bonds. The quantitative estimate of drug-likeness (QED) is 0.238. The molecule has 0 fully saturated rings. The van der Waals surface area contributed by atoms with Gasteiger partial charge in [0.05, 0.1) is 6.61 Å². The Morgan fingerprint density at radius 1 is 1.28 bits per heavy atom. The fourth-order valence-corrected chi connectivity index (χ4v) is 1.73. The number of allylic oxidation sites excluding steroid dienone is 1. The predicted octanol–water partition coefficient (Wildman–Crippen LogP) is 3.64. The number of rotatable bonds is 9. The fourth-order valence-electron chi connectivity index (χ4n) is 1.73. The molecular weight excluding hydrogens is 226 g/mol. The Bertz CT molecular complexity index is 349. The summed E-state index contributed by atoms with van der Waals surface area (Å²) in [6.45, 7) is 5.19. The summed E-state index contributed by atoms with van der Waals surface area (Å²) in [6.07, 6.45) is 6.13. The van der Waals surface area contributed by atoms with E-state index in [4.69, 9.17) is 9.94 Å². The summed E-state index contributed by atoms with van der Waals surface area (Å²) in [4.78, 5) is 0. The monoisotopic (exact) mass is 247 g/mol. The molecule has 3 heteroatoms. The van der Waals surface area contributed by atoms with E-state index in [9.17, 15) is 0 Å². The zero-order valence-electron chi connectivity index (χ0n) is 10.7. The van der Waals surface area contributed by atoms with Gasteiger partial charge in [-0.05, 0) is 30.7 Å². The van der Waals surface area contributed by atoms with Crippen molar-refractivity contribution < 1.29 is 9.94 Å². The van der Waals surface area contributed by atoms with E-state index in [0.717, 1.165) is 25.9 Å². The Balaban J connectivity index is 2.13. The number of ether oxygens (including phenoxy) is 1. The van der Waals surface area contributed by atoms with Crippen molar-refractivity contribution in [2.45, 2.75) is 25.9 Å². The van der Waals surface area contributed by atoms with Gasteiger partial charge >= 0.3 is 0 Å². The van der Waals surface area contributed by atoms with Crippen molar-refractivity contribution >= 4 is 6.21 Å². The highest BCUT2D eigenvalue weighted by molar-refractivity contribution is 5.55. The molecule has 1 N–H and O–H groups in total. The number of hydrogen-bond donors (Lipinski definition) is 1. The van der Waals surface area contributed by atoms with Gasteiger partial charge in [0, 0.05) is 12.8 Å². The highest BCUT2D eigenvalue weighted by atomic mass is 16.5. The van der Waals surface area contributed by atoms with Crippen molar-refractivity contribution in [1.29, 1.82) is 0 Å². The lowest BCUT2D eigenvalue weighted by Gasteiger charge is -2.11. The smallest absolute Gasteiger partial charge is 0.0716 e. The van der Waals surface area contributed by atoms with Crippen LogP contribution in [0.1, 0.15) is 24.8 Å². The Hall–Kier alpha value is -1.61. The third-order valence-electron chi connectivity index (χ3n) is 2.83. The molecule has 18 heavy (non-hydrogen) atoms. The summed E-state index contributed by atoms with van der Waals surface area (Å²) in [5.74, 6) is 0.416. The summed E-state index contributed by atoms with van der Waals surface area (Å²) in [6, 6.07) is 10.1. The second-order valence-electron chi connectivity index (χ2n) is 4.20. The average molecular weight is 247 g/mol. The van der Waals surface area contributed by atoms with Gasteiger partial charge in [-0.1, -0.05) is 36.4 Å². The largest absolute Gasteiger partial charge is 0.411 e. The highest BCUT2D eigenvalue weighted by Gasteiger charge is 2.03. The maximum absolute atomic E-state index is 8.31. The Morgan fingerprint density at radius 3 is 2.72 bits per heavy atom. The number of oxime groups is 1. The number of nitrogens with zero attached hydrogens (tertiary/aromatic N) is 1. The van der Waals surface area contributed by atoms with Gasteiger partial charge < -0.3 is 9.94 Å². The predicted molar refractivity (Wildman–Crippen MR) is 73.9 cm³/mol. The van der Waals surface area contributed by atoms with Crippen LogP contribution in [-0.4, -0.2) is 18.0 Å². The molecule has 0 bridgehead atoms. The average Bonchev–Trinajstić information content (AvgIpc) is 2.43. The summed E-state index contributed by atoms with van der Waals surface area (Å²) < 4.78 is 5.63. The van der Waals surface area contributed by atoms with Gasteiger partial charge in [-0.15, -0.1) is 11.7 Å². The summed E-state index contributed by atoms with van der Waals surface area (Å²) in [5.41, 5.74) is 1.19. The van der Waals surface area contributed by atoms with E-state index in [1.165, 1.54) is 11.8 Å². The van der Waals surface area contributed by atoms with Gasteiger partial charge in [0.15, 0.2) is 0 Å². The van der Waals surface area contributed by atoms with E-state index < -0.39 is 0 Å². The Kier molecular flexibility index (Phi) is 7.57. The third kappa shape index (κ3) is 6.21. The zero-order valence-corrected chi connectivity index (χ0v) is 10.7. The first-order valence-corrected chi connectivity index (χ1v) is 6.27. The first-order chi connectivity index (χ1) is 8.86. The first-order valence-electron chi connectivity index (χ1n) is 6.27. The molecule has 98 valence electrons. The van der Waals surface area contributed by atoms with Crippen LogP contribution in [0.5, 0.6) is 0 Å². The topological polar surface area (TPSA) is 41.8 Å². The van der Waals surface area contributed by atoms with Gasteiger partial charge in [0.2, 0.25) is 0 Å². The molecule has 0 spiro atoms. The molecule has 0 radical (unpaired) electrons. The van der Waals surface area contributed by atoms with Gasteiger partial charge in [-0.25, -0.2) is 0 Å². The van der Waals surface area contributed by atoms with E-state index in [1.54, 1.807) is 0 Å². The van der Waals surface area contributed by atoms with Gasteiger partial charge in [0.1, 0.15) is 0 Å². The van der Waals surface area contributed by atoms with Crippen molar-refractivity contribution in [3.63, 3.8) is 0 Å². The van der Waals surface area contributed by atoms with E-state index in [-0.39, 0.29) is 0 Å². The van der Waals surface area contributed by atoms with Crippen LogP contribution < -0.4 is 0 Å².